The van der Waals surface area contributed by atoms with Crippen LogP contribution in [0.4, 0.5) is 5.69 Å². The van der Waals surface area contributed by atoms with Crippen LogP contribution in [-0.4, -0.2) is 4.98 Å². The molecular formula is C9H7BrN2. The molecule has 1 aromatic heterocycles. The predicted octanol–water partition coefficient (Wildman–Crippen LogP) is 2.58. The highest BCUT2D eigenvalue weighted by Gasteiger charge is 1.95. The second-order valence-corrected chi connectivity index (χ2v) is 3.40. The molecule has 0 radical (unpaired) electrons. The van der Waals surface area contributed by atoms with Gasteiger partial charge in [0.1, 0.15) is 4.60 Å². The Morgan fingerprint density at radius 1 is 1.17 bits per heavy atom. The maximum Gasteiger partial charge on any atom is 0.106 e. The van der Waals surface area contributed by atoms with Gasteiger partial charge in [-0.1, -0.05) is 6.07 Å². The van der Waals surface area contributed by atoms with Crippen molar-refractivity contribution in [3.8, 4) is 0 Å². The Morgan fingerprint density at radius 3 is 2.83 bits per heavy atom. The van der Waals surface area contributed by atoms with Crippen molar-refractivity contribution in [2.75, 3.05) is 5.73 Å². The number of benzene rings is 1. The van der Waals surface area contributed by atoms with E-state index in [0.717, 1.165) is 21.2 Å². The van der Waals surface area contributed by atoms with Crippen LogP contribution in [0.3, 0.4) is 0 Å². The first kappa shape index (κ1) is 7.55. The van der Waals surface area contributed by atoms with Crippen LogP contribution in [0.15, 0.2) is 34.9 Å². The summed E-state index contributed by atoms with van der Waals surface area (Å²) in [6, 6.07) is 9.57. The van der Waals surface area contributed by atoms with Crippen molar-refractivity contribution >= 4 is 32.5 Å². The highest BCUT2D eigenvalue weighted by Crippen LogP contribution is 2.17. The Morgan fingerprint density at radius 2 is 2.00 bits per heavy atom. The predicted molar refractivity (Wildman–Crippen MR) is 53.9 cm³/mol. The number of fused-ring (bicyclic) bond motifs is 1. The third kappa shape index (κ3) is 1.28. The summed E-state index contributed by atoms with van der Waals surface area (Å²) in [5.74, 6) is 0. The van der Waals surface area contributed by atoms with Gasteiger partial charge in [0.15, 0.2) is 0 Å². The number of anilines is 1. The van der Waals surface area contributed by atoms with Gasteiger partial charge >= 0.3 is 0 Å². The minimum atomic E-state index is 0.770. The lowest BCUT2D eigenvalue weighted by atomic mass is 10.2. The summed E-state index contributed by atoms with van der Waals surface area (Å²) in [6.45, 7) is 0. The van der Waals surface area contributed by atoms with Gasteiger partial charge in [-0.25, -0.2) is 4.98 Å². The second-order valence-electron chi connectivity index (χ2n) is 2.59. The minimum absolute atomic E-state index is 0.770. The molecular weight excluding hydrogens is 216 g/mol. The fraction of sp³-hybridized carbons (Fsp3) is 0. The molecule has 0 saturated carbocycles. The van der Waals surface area contributed by atoms with Gasteiger partial charge in [-0.3, -0.25) is 0 Å². The summed E-state index contributed by atoms with van der Waals surface area (Å²) in [5, 5.41) is 1.07. The van der Waals surface area contributed by atoms with Gasteiger partial charge in [0.05, 0.1) is 5.52 Å². The molecule has 1 heterocycles. The van der Waals surface area contributed by atoms with Crippen LogP contribution in [0.1, 0.15) is 0 Å². The first-order valence-electron chi connectivity index (χ1n) is 3.57. The van der Waals surface area contributed by atoms with E-state index < -0.39 is 0 Å². The van der Waals surface area contributed by atoms with Crippen molar-refractivity contribution in [2.24, 2.45) is 0 Å². The topological polar surface area (TPSA) is 38.9 Å². The molecule has 2 N–H and O–H groups in total. The van der Waals surface area contributed by atoms with Crippen LogP contribution in [0.25, 0.3) is 10.9 Å². The molecule has 0 aliphatic rings. The van der Waals surface area contributed by atoms with E-state index in [1.807, 2.05) is 30.3 Å². The molecule has 60 valence electrons. The van der Waals surface area contributed by atoms with E-state index >= 15 is 0 Å². The Labute approximate surface area is 78.5 Å². The van der Waals surface area contributed by atoms with Crippen LogP contribution >= 0.6 is 15.9 Å². The summed E-state index contributed by atoms with van der Waals surface area (Å²) < 4.78 is 0.847. The Bertz CT molecular complexity index is 385. The zero-order chi connectivity index (χ0) is 8.55. The molecule has 2 aromatic rings. The van der Waals surface area contributed by atoms with Gasteiger partial charge in [-0.05, 0) is 40.2 Å². The molecule has 0 saturated heterocycles. The SMILES string of the molecule is Nc1ccc2nc(Br)ccc2c1. The largest absolute Gasteiger partial charge is 0.399 e. The lowest BCUT2D eigenvalue weighted by molar-refractivity contribution is 1.35. The van der Waals surface area contributed by atoms with Crippen LogP contribution in [0, 0.1) is 0 Å². The van der Waals surface area contributed by atoms with Crippen molar-refractivity contribution in [2.45, 2.75) is 0 Å². The average molecular weight is 223 g/mol. The van der Waals surface area contributed by atoms with Crippen molar-refractivity contribution in [1.82, 2.24) is 4.98 Å². The zero-order valence-electron chi connectivity index (χ0n) is 6.29. The van der Waals surface area contributed by atoms with Gasteiger partial charge in [0.25, 0.3) is 0 Å². The average Bonchev–Trinajstić information content (AvgIpc) is 2.05. The molecule has 0 atom stereocenters. The molecule has 1 aromatic carbocycles. The standard InChI is InChI=1S/C9H7BrN2/c10-9-4-1-6-5-7(11)2-3-8(6)12-9/h1-5H,11H2. The Balaban J connectivity index is 2.79. The molecule has 2 rings (SSSR count). The number of nitrogens with zero attached hydrogens (tertiary/aromatic N) is 1. The number of nitrogen functional groups attached to an aromatic ring is 1. The number of rotatable bonds is 0. The van der Waals surface area contributed by atoms with E-state index in [2.05, 4.69) is 20.9 Å². The fourth-order valence-electron chi connectivity index (χ4n) is 1.12. The van der Waals surface area contributed by atoms with Gasteiger partial charge in [0.2, 0.25) is 0 Å². The quantitative estimate of drug-likeness (QED) is 0.550. The molecule has 3 heteroatoms. The minimum Gasteiger partial charge on any atom is -0.399 e. The van der Waals surface area contributed by atoms with Gasteiger partial charge in [-0.2, -0.15) is 0 Å². The van der Waals surface area contributed by atoms with Crippen LogP contribution in [0.2, 0.25) is 0 Å². The number of pyridine rings is 1. The number of hydrogen-bond donors (Lipinski definition) is 1. The molecule has 0 amide bonds. The smallest absolute Gasteiger partial charge is 0.106 e. The van der Waals surface area contributed by atoms with Gasteiger partial charge < -0.3 is 5.73 Å². The Hall–Kier alpha value is -1.09. The highest BCUT2D eigenvalue weighted by molar-refractivity contribution is 9.10. The molecule has 0 aliphatic carbocycles. The van der Waals surface area contributed by atoms with E-state index in [1.54, 1.807) is 0 Å². The first-order valence-corrected chi connectivity index (χ1v) is 4.37. The van der Waals surface area contributed by atoms with Gasteiger partial charge in [-0.15, -0.1) is 0 Å². The van der Waals surface area contributed by atoms with Crippen LogP contribution < -0.4 is 5.73 Å². The summed E-state index contributed by atoms with van der Waals surface area (Å²) >= 11 is 3.31. The number of hydrogen-bond acceptors (Lipinski definition) is 2. The lowest BCUT2D eigenvalue weighted by Crippen LogP contribution is -1.85. The van der Waals surface area contributed by atoms with E-state index in [1.165, 1.54) is 0 Å². The van der Waals surface area contributed by atoms with Crippen molar-refractivity contribution in [1.29, 1.82) is 0 Å². The number of aromatic nitrogens is 1. The third-order valence-electron chi connectivity index (χ3n) is 1.68. The van der Waals surface area contributed by atoms with Crippen molar-refractivity contribution in [3.63, 3.8) is 0 Å². The van der Waals surface area contributed by atoms with E-state index in [9.17, 15) is 0 Å². The number of halogens is 1. The lowest BCUT2D eigenvalue weighted by Gasteiger charge is -1.98. The summed E-state index contributed by atoms with van der Waals surface area (Å²) in [4.78, 5) is 4.28. The van der Waals surface area contributed by atoms with E-state index in [-0.39, 0.29) is 0 Å². The monoisotopic (exact) mass is 222 g/mol. The van der Waals surface area contributed by atoms with E-state index in [0.29, 0.717) is 0 Å². The highest BCUT2D eigenvalue weighted by atomic mass is 79.9. The van der Waals surface area contributed by atoms with Gasteiger partial charge in [0, 0.05) is 11.1 Å². The molecule has 12 heavy (non-hydrogen) atoms. The van der Waals surface area contributed by atoms with Crippen LogP contribution in [-0.2, 0) is 0 Å². The molecule has 0 spiro atoms. The first-order chi connectivity index (χ1) is 5.75. The number of nitrogens with two attached hydrogens (primary N) is 1. The van der Waals surface area contributed by atoms with Crippen molar-refractivity contribution < 1.29 is 0 Å². The fourth-order valence-corrected chi connectivity index (χ4v) is 1.44. The zero-order valence-corrected chi connectivity index (χ0v) is 7.88. The molecule has 0 unspecified atom stereocenters. The van der Waals surface area contributed by atoms with E-state index in [4.69, 9.17) is 5.73 Å². The normalized spacial score (nSPS) is 10.4. The maximum atomic E-state index is 5.62. The molecule has 0 aliphatic heterocycles. The Kier molecular flexibility index (Phi) is 1.73. The summed E-state index contributed by atoms with van der Waals surface area (Å²) in [7, 11) is 0. The third-order valence-corrected chi connectivity index (χ3v) is 2.12. The molecule has 2 nitrogen and oxygen atoms in total. The second kappa shape index (κ2) is 2.75. The van der Waals surface area contributed by atoms with Crippen LogP contribution in [0.5, 0.6) is 0 Å². The molecule has 0 bridgehead atoms. The summed E-state index contributed by atoms with van der Waals surface area (Å²) in [5.41, 5.74) is 7.35. The van der Waals surface area contributed by atoms with Crippen molar-refractivity contribution in [3.05, 3.63) is 34.9 Å². The molecule has 0 fully saturated rings. The maximum absolute atomic E-state index is 5.62. The summed E-state index contributed by atoms with van der Waals surface area (Å²) in [6.07, 6.45) is 0.